The highest BCUT2D eigenvalue weighted by Crippen LogP contribution is 2.31. The van der Waals surface area contributed by atoms with E-state index in [0.717, 1.165) is 27.5 Å². The molecular weight excluding hydrogens is 416 g/mol. The van der Waals surface area contributed by atoms with Crippen molar-refractivity contribution in [2.75, 3.05) is 6.54 Å². The van der Waals surface area contributed by atoms with Crippen LogP contribution in [-0.2, 0) is 11.2 Å². The number of nitrogens with zero attached hydrogens (tertiary/aromatic N) is 3. The molecule has 3 aromatic rings. The predicted octanol–water partition coefficient (Wildman–Crippen LogP) is 4.25. The van der Waals surface area contributed by atoms with Gasteiger partial charge in [-0.25, -0.2) is 0 Å². The van der Waals surface area contributed by atoms with E-state index in [9.17, 15) is 9.59 Å². The van der Waals surface area contributed by atoms with Gasteiger partial charge < -0.3 is 10.2 Å². The zero-order valence-electron chi connectivity index (χ0n) is 17.6. The smallest absolute Gasteiger partial charge is 0.276 e. The first kappa shape index (κ1) is 22.1. The molecule has 0 aliphatic rings. The van der Waals surface area contributed by atoms with E-state index < -0.39 is 11.6 Å². The first-order valence-corrected chi connectivity index (χ1v) is 11.5. The Kier molecular flexibility index (Phi) is 6.99. The molecule has 0 fully saturated rings. The van der Waals surface area contributed by atoms with Gasteiger partial charge in [-0.05, 0) is 68.2 Å². The second-order valence-electron chi connectivity index (χ2n) is 8.13. The molecule has 0 saturated heterocycles. The molecule has 1 atom stereocenters. The topological polar surface area (TPSA) is 75.2 Å². The minimum atomic E-state index is -0.734. The number of amides is 2. The Labute approximate surface area is 185 Å². The molecule has 2 aromatic heterocycles. The molecule has 30 heavy (non-hydrogen) atoms. The monoisotopic (exact) mass is 442 g/mol. The maximum Gasteiger partial charge on any atom is 0.276 e. The minimum absolute atomic E-state index is 0.197. The van der Waals surface area contributed by atoms with Gasteiger partial charge in [0.25, 0.3) is 5.91 Å². The largest absolute Gasteiger partial charge is 0.349 e. The first-order valence-electron chi connectivity index (χ1n) is 9.74. The van der Waals surface area contributed by atoms with Crippen molar-refractivity contribution in [1.29, 1.82) is 0 Å². The normalized spacial score (nSPS) is 12.4. The van der Waals surface area contributed by atoms with Crippen LogP contribution in [0.5, 0.6) is 0 Å². The molecular formula is C22H26N4O2S2. The molecule has 0 unspecified atom stereocenters. The Bertz CT molecular complexity index is 978. The van der Waals surface area contributed by atoms with Crippen molar-refractivity contribution in [2.24, 2.45) is 0 Å². The second-order valence-corrected chi connectivity index (χ2v) is 9.69. The van der Waals surface area contributed by atoms with Crippen LogP contribution in [0.1, 0.15) is 53.3 Å². The van der Waals surface area contributed by atoms with Crippen LogP contribution in [0.15, 0.2) is 47.2 Å². The van der Waals surface area contributed by atoms with Gasteiger partial charge in [0.05, 0.1) is 0 Å². The van der Waals surface area contributed by atoms with Gasteiger partial charge in [-0.1, -0.05) is 34.8 Å². The molecule has 1 N–H and O–H groups in total. The summed E-state index contributed by atoms with van der Waals surface area (Å²) in [5.41, 5.74) is 1.93. The van der Waals surface area contributed by atoms with Crippen LogP contribution in [0, 0.1) is 6.92 Å². The van der Waals surface area contributed by atoms with Crippen molar-refractivity contribution in [3.63, 3.8) is 0 Å². The van der Waals surface area contributed by atoms with E-state index in [1.54, 1.807) is 10.3 Å². The Hall–Kier alpha value is -2.58. The molecule has 158 valence electrons. The van der Waals surface area contributed by atoms with Crippen molar-refractivity contribution in [1.82, 2.24) is 19.8 Å². The number of hydrogen-bond donors (Lipinski definition) is 1. The van der Waals surface area contributed by atoms with Crippen molar-refractivity contribution in [3.05, 3.63) is 68.9 Å². The van der Waals surface area contributed by atoms with Crippen molar-refractivity contribution in [2.45, 2.75) is 45.7 Å². The summed E-state index contributed by atoms with van der Waals surface area (Å²) in [7, 11) is 0. The molecule has 1 aromatic carbocycles. The molecule has 0 saturated carbocycles. The fraction of sp³-hybridized carbons (Fsp3) is 0.364. The average molecular weight is 443 g/mol. The zero-order valence-corrected chi connectivity index (χ0v) is 19.2. The average Bonchev–Trinajstić information content (AvgIpc) is 3.36. The first-order chi connectivity index (χ1) is 14.3. The van der Waals surface area contributed by atoms with Crippen molar-refractivity contribution >= 4 is 34.7 Å². The van der Waals surface area contributed by atoms with E-state index in [1.807, 2.05) is 69.5 Å². The van der Waals surface area contributed by atoms with E-state index in [0.29, 0.717) is 13.0 Å². The molecule has 2 amide bonds. The van der Waals surface area contributed by atoms with Gasteiger partial charge in [0.2, 0.25) is 5.91 Å². The molecule has 0 radical (unpaired) electrons. The SMILES string of the molecule is Cc1ccsc1[C@H](C(=O)NC(C)(C)C)N(CCc1ccccc1)C(=O)c1csnn1. The number of aromatic nitrogens is 2. The fourth-order valence-electron chi connectivity index (χ4n) is 3.15. The third-order valence-electron chi connectivity index (χ3n) is 4.53. The molecule has 2 heterocycles. The number of nitrogens with one attached hydrogen (secondary N) is 1. The molecule has 3 rings (SSSR count). The summed E-state index contributed by atoms with van der Waals surface area (Å²) in [6.45, 7) is 8.16. The second kappa shape index (κ2) is 9.49. The van der Waals surface area contributed by atoms with Crippen LogP contribution in [-0.4, -0.2) is 38.4 Å². The van der Waals surface area contributed by atoms with Gasteiger partial charge in [0.15, 0.2) is 5.69 Å². The third-order valence-corrected chi connectivity index (χ3v) is 6.11. The maximum atomic E-state index is 13.4. The summed E-state index contributed by atoms with van der Waals surface area (Å²) in [5, 5.41) is 10.6. The minimum Gasteiger partial charge on any atom is -0.349 e. The van der Waals surface area contributed by atoms with Crippen LogP contribution >= 0.6 is 22.9 Å². The Balaban J connectivity index is 1.99. The van der Waals surface area contributed by atoms with Crippen LogP contribution in [0.25, 0.3) is 0 Å². The number of benzene rings is 1. The summed E-state index contributed by atoms with van der Waals surface area (Å²) in [6, 6.07) is 11.2. The predicted molar refractivity (Wildman–Crippen MR) is 121 cm³/mol. The van der Waals surface area contributed by atoms with Gasteiger partial charge in [-0.3, -0.25) is 9.59 Å². The van der Waals surface area contributed by atoms with Gasteiger partial charge in [0.1, 0.15) is 6.04 Å². The zero-order chi connectivity index (χ0) is 21.7. The highest BCUT2D eigenvalue weighted by Gasteiger charge is 2.36. The molecule has 0 bridgehead atoms. The lowest BCUT2D eigenvalue weighted by Gasteiger charge is -2.33. The summed E-state index contributed by atoms with van der Waals surface area (Å²) in [4.78, 5) is 29.3. The quantitative estimate of drug-likeness (QED) is 0.594. The van der Waals surface area contributed by atoms with Gasteiger partial charge in [0, 0.05) is 22.3 Å². The summed E-state index contributed by atoms with van der Waals surface area (Å²) in [5.74, 6) is -0.487. The van der Waals surface area contributed by atoms with Crippen molar-refractivity contribution in [3.8, 4) is 0 Å². The van der Waals surface area contributed by atoms with E-state index >= 15 is 0 Å². The number of rotatable bonds is 7. The number of carbonyl (C=O) groups excluding carboxylic acids is 2. The van der Waals surface area contributed by atoms with Gasteiger partial charge in [-0.2, -0.15) is 0 Å². The highest BCUT2D eigenvalue weighted by molar-refractivity contribution is 7.10. The number of thiophene rings is 1. The van der Waals surface area contributed by atoms with Gasteiger partial charge >= 0.3 is 0 Å². The van der Waals surface area contributed by atoms with Crippen LogP contribution in [0.2, 0.25) is 0 Å². The molecule has 0 aliphatic carbocycles. The van der Waals surface area contributed by atoms with Gasteiger partial charge in [-0.15, -0.1) is 16.4 Å². The maximum absolute atomic E-state index is 13.4. The van der Waals surface area contributed by atoms with E-state index in [-0.39, 0.29) is 17.5 Å². The highest BCUT2D eigenvalue weighted by atomic mass is 32.1. The van der Waals surface area contributed by atoms with Crippen molar-refractivity contribution < 1.29 is 9.59 Å². The van der Waals surface area contributed by atoms with E-state index in [4.69, 9.17) is 0 Å². The Morgan fingerprint density at radius 3 is 2.47 bits per heavy atom. The third kappa shape index (κ3) is 5.52. The number of hydrogen-bond acceptors (Lipinski definition) is 6. The Morgan fingerprint density at radius 2 is 1.90 bits per heavy atom. The summed E-state index contributed by atoms with van der Waals surface area (Å²) in [6.07, 6.45) is 0.633. The lowest BCUT2D eigenvalue weighted by atomic mass is 10.0. The number of aryl methyl sites for hydroxylation is 1. The van der Waals surface area contributed by atoms with E-state index in [2.05, 4.69) is 14.9 Å². The van der Waals surface area contributed by atoms with E-state index in [1.165, 1.54) is 11.3 Å². The molecule has 0 spiro atoms. The summed E-state index contributed by atoms with van der Waals surface area (Å²) < 4.78 is 3.83. The fourth-order valence-corrected chi connectivity index (χ4v) is 4.62. The summed E-state index contributed by atoms with van der Waals surface area (Å²) >= 11 is 2.61. The molecule has 8 heteroatoms. The lowest BCUT2D eigenvalue weighted by Crippen LogP contribution is -2.49. The molecule has 0 aliphatic heterocycles. The number of carbonyl (C=O) groups is 2. The lowest BCUT2D eigenvalue weighted by molar-refractivity contribution is -0.127. The standard InChI is InChI=1S/C22H26N4O2S2/c1-15-11-13-29-19(15)18(20(27)23-22(2,3)4)26(21(28)17-14-30-25-24-17)12-10-16-8-6-5-7-9-16/h5-9,11,13-14,18H,10,12H2,1-4H3,(H,23,27)/t18-/m1/s1. The molecule has 6 nitrogen and oxygen atoms in total. The Morgan fingerprint density at radius 1 is 1.17 bits per heavy atom. The van der Waals surface area contributed by atoms with Crippen LogP contribution < -0.4 is 5.32 Å². The van der Waals surface area contributed by atoms with Crippen LogP contribution in [0.3, 0.4) is 0 Å². The van der Waals surface area contributed by atoms with Crippen LogP contribution in [0.4, 0.5) is 0 Å².